The fourth-order valence-electron chi connectivity index (χ4n) is 1.52. The van der Waals surface area contributed by atoms with E-state index in [2.05, 4.69) is 15.9 Å². The number of hydrogen-bond acceptors (Lipinski definition) is 3. The van der Waals surface area contributed by atoms with Crippen LogP contribution >= 0.6 is 15.9 Å². The summed E-state index contributed by atoms with van der Waals surface area (Å²) in [6, 6.07) is 5.67. The predicted molar refractivity (Wildman–Crippen MR) is 70.5 cm³/mol. The van der Waals surface area contributed by atoms with Crippen LogP contribution in [-0.2, 0) is 16.0 Å². The molecule has 3 nitrogen and oxygen atoms in total. The molecule has 0 amide bonds. The number of hydrogen-bond donors (Lipinski definition) is 0. The second kappa shape index (κ2) is 7.45. The molecule has 0 aromatic heterocycles. The fraction of sp³-hybridized carbons (Fsp3) is 0.462. The van der Waals surface area contributed by atoms with Crippen molar-refractivity contribution in [2.45, 2.75) is 19.8 Å². The summed E-state index contributed by atoms with van der Waals surface area (Å²) < 4.78 is 11.3. The monoisotopic (exact) mass is 300 g/mol. The molecule has 0 spiro atoms. The Morgan fingerprint density at radius 3 is 2.82 bits per heavy atom. The van der Waals surface area contributed by atoms with Crippen LogP contribution in [0.3, 0.4) is 0 Å². The molecule has 0 radical (unpaired) electrons. The Labute approximate surface area is 110 Å². The zero-order valence-electron chi connectivity index (χ0n) is 10.2. The minimum atomic E-state index is 0.162. The van der Waals surface area contributed by atoms with Crippen LogP contribution in [0, 0.1) is 0 Å². The van der Waals surface area contributed by atoms with E-state index >= 15 is 0 Å². The summed E-state index contributed by atoms with van der Waals surface area (Å²) in [4.78, 5) is 11.7. The van der Waals surface area contributed by atoms with Gasteiger partial charge in [-0.1, -0.05) is 15.9 Å². The Bertz CT molecular complexity index is 377. The van der Waals surface area contributed by atoms with Crippen molar-refractivity contribution in [2.75, 3.05) is 20.3 Å². The molecule has 0 unspecified atom stereocenters. The smallest absolute Gasteiger partial charge is 0.139 e. The lowest BCUT2D eigenvalue weighted by Crippen LogP contribution is -2.08. The molecule has 0 saturated carbocycles. The third-order valence-electron chi connectivity index (χ3n) is 2.36. The Kier molecular flexibility index (Phi) is 6.22. The minimum Gasteiger partial charge on any atom is -0.496 e. The second-order valence-electron chi connectivity index (χ2n) is 3.62. The van der Waals surface area contributed by atoms with E-state index in [-0.39, 0.29) is 5.78 Å². The van der Waals surface area contributed by atoms with Gasteiger partial charge in [0.1, 0.15) is 11.5 Å². The topological polar surface area (TPSA) is 35.5 Å². The van der Waals surface area contributed by atoms with E-state index in [4.69, 9.17) is 9.47 Å². The van der Waals surface area contributed by atoms with Crippen molar-refractivity contribution in [2.24, 2.45) is 0 Å². The summed E-state index contributed by atoms with van der Waals surface area (Å²) in [7, 11) is 1.61. The Balaban J connectivity index is 2.60. The van der Waals surface area contributed by atoms with Crippen LogP contribution in [0.5, 0.6) is 5.75 Å². The van der Waals surface area contributed by atoms with Gasteiger partial charge in [0.25, 0.3) is 0 Å². The highest BCUT2D eigenvalue weighted by Gasteiger charge is 2.09. The third kappa shape index (κ3) is 4.88. The molecular formula is C13H17BrO3. The Morgan fingerprint density at radius 1 is 1.41 bits per heavy atom. The molecule has 1 aromatic rings. The number of halogens is 1. The van der Waals surface area contributed by atoms with Gasteiger partial charge in [-0.05, 0) is 25.1 Å². The molecule has 4 heteroatoms. The van der Waals surface area contributed by atoms with Gasteiger partial charge in [0.05, 0.1) is 13.7 Å². The van der Waals surface area contributed by atoms with Crippen LogP contribution in [0.4, 0.5) is 0 Å². The van der Waals surface area contributed by atoms with E-state index in [9.17, 15) is 4.79 Å². The van der Waals surface area contributed by atoms with E-state index in [0.29, 0.717) is 26.1 Å². The van der Waals surface area contributed by atoms with E-state index in [1.807, 2.05) is 25.1 Å². The Morgan fingerprint density at radius 2 is 2.18 bits per heavy atom. The van der Waals surface area contributed by atoms with Crippen molar-refractivity contribution in [1.82, 2.24) is 0 Å². The van der Waals surface area contributed by atoms with Gasteiger partial charge in [-0.15, -0.1) is 0 Å². The highest BCUT2D eigenvalue weighted by Crippen LogP contribution is 2.23. The molecule has 0 bridgehead atoms. The average Bonchev–Trinajstić information content (AvgIpc) is 2.29. The van der Waals surface area contributed by atoms with E-state index in [0.717, 1.165) is 15.8 Å². The molecule has 0 heterocycles. The van der Waals surface area contributed by atoms with Crippen LogP contribution in [0.25, 0.3) is 0 Å². The van der Waals surface area contributed by atoms with Crippen LogP contribution in [-0.4, -0.2) is 26.1 Å². The second-order valence-corrected chi connectivity index (χ2v) is 4.53. The van der Waals surface area contributed by atoms with Crippen molar-refractivity contribution >= 4 is 21.7 Å². The number of rotatable bonds is 7. The first kappa shape index (κ1) is 14.2. The fourth-order valence-corrected chi connectivity index (χ4v) is 1.92. The van der Waals surface area contributed by atoms with Gasteiger partial charge < -0.3 is 9.47 Å². The van der Waals surface area contributed by atoms with Crippen LogP contribution in [0.15, 0.2) is 22.7 Å². The molecule has 1 aromatic carbocycles. The molecule has 0 aliphatic rings. The number of Topliss-reactive ketones (excluding diaryl/α,β-unsaturated/α-hetero) is 1. The lowest BCUT2D eigenvalue weighted by Gasteiger charge is -2.08. The summed E-state index contributed by atoms with van der Waals surface area (Å²) in [5.41, 5.74) is 0.906. The van der Waals surface area contributed by atoms with Gasteiger partial charge in [0, 0.05) is 29.5 Å². The lowest BCUT2D eigenvalue weighted by atomic mass is 10.1. The highest BCUT2D eigenvalue weighted by atomic mass is 79.9. The highest BCUT2D eigenvalue weighted by molar-refractivity contribution is 9.10. The third-order valence-corrected chi connectivity index (χ3v) is 2.85. The van der Waals surface area contributed by atoms with Crippen LogP contribution in [0.2, 0.25) is 0 Å². The molecule has 1 rings (SSSR count). The molecule has 0 saturated heterocycles. The summed E-state index contributed by atoms with van der Waals surface area (Å²) >= 11 is 3.39. The summed E-state index contributed by atoms with van der Waals surface area (Å²) in [5, 5.41) is 0. The molecule has 94 valence electrons. The van der Waals surface area contributed by atoms with Gasteiger partial charge in [-0.25, -0.2) is 0 Å². The van der Waals surface area contributed by atoms with E-state index < -0.39 is 0 Å². The zero-order chi connectivity index (χ0) is 12.7. The van der Waals surface area contributed by atoms with Gasteiger partial charge in [0.2, 0.25) is 0 Å². The largest absolute Gasteiger partial charge is 0.496 e. The normalized spacial score (nSPS) is 10.3. The van der Waals surface area contributed by atoms with Gasteiger partial charge in [-0.3, -0.25) is 4.79 Å². The van der Waals surface area contributed by atoms with Crippen LogP contribution < -0.4 is 4.74 Å². The molecule has 0 fully saturated rings. The van der Waals surface area contributed by atoms with Gasteiger partial charge >= 0.3 is 0 Å². The predicted octanol–water partition coefficient (Wildman–Crippen LogP) is 3.00. The maximum absolute atomic E-state index is 11.7. The van der Waals surface area contributed by atoms with Crippen molar-refractivity contribution in [1.29, 1.82) is 0 Å². The van der Waals surface area contributed by atoms with Gasteiger partial charge in [0.15, 0.2) is 0 Å². The minimum absolute atomic E-state index is 0.162. The molecular weight excluding hydrogens is 284 g/mol. The van der Waals surface area contributed by atoms with E-state index in [1.54, 1.807) is 7.11 Å². The number of ketones is 1. The van der Waals surface area contributed by atoms with Crippen LogP contribution in [0.1, 0.15) is 18.9 Å². The number of carbonyl (C=O) groups excluding carboxylic acids is 1. The molecule has 17 heavy (non-hydrogen) atoms. The van der Waals surface area contributed by atoms with Gasteiger partial charge in [-0.2, -0.15) is 0 Å². The Hall–Kier alpha value is -0.870. The number of carbonyl (C=O) groups is 1. The number of benzene rings is 1. The molecule has 0 atom stereocenters. The van der Waals surface area contributed by atoms with Crippen molar-refractivity contribution in [3.63, 3.8) is 0 Å². The summed E-state index contributed by atoms with van der Waals surface area (Å²) in [6.45, 7) is 3.06. The summed E-state index contributed by atoms with van der Waals surface area (Å²) in [5.74, 6) is 0.910. The van der Waals surface area contributed by atoms with Crippen molar-refractivity contribution in [3.05, 3.63) is 28.2 Å². The maximum atomic E-state index is 11.7. The average molecular weight is 301 g/mol. The SMILES string of the molecule is CCOCCC(=O)Cc1cc(Br)ccc1OC. The first-order chi connectivity index (χ1) is 8.17. The molecule has 0 N–H and O–H groups in total. The number of methoxy groups -OCH3 is 1. The first-order valence-electron chi connectivity index (χ1n) is 5.59. The quantitative estimate of drug-likeness (QED) is 0.726. The molecule has 0 aliphatic carbocycles. The summed E-state index contributed by atoms with van der Waals surface area (Å²) in [6.07, 6.45) is 0.833. The zero-order valence-corrected chi connectivity index (χ0v) is 11.7. The first-order valence-corrected chi connectivity index (χ1v) is 6.38. The molecule has 0 aliphatic heterocycles. The number of ether oxygens (including phenoxy) is 2. The van der Waals surface area contributed by atoms with Crippen molar-refractivity contribution in [3.8, 4) is 5.75 Å². The standard InChI is InChI=1S/C13H17BrO3/c1-3-17-7-6-12(15)9-10-8-11(14)4-5-13(10)16-2/h4-5,8H,3,6-7,9H2,1-2H3. The lowest BCUT2D eigenvalue weighted by molar-refractivity contribution is -0.119. The van der Waals surface area contributed by atoms with E-state index in [1.165, 1.54) is 0 Å². The maximum Gasteiger partial charge on any atom is 0.139 e. The van der Waals surface area contributed by atoms with Crippen molar-refractivity contribution < 1.29 is 14.3 Å².